The highest BCUT2D eigenvalue weighted by Gasteiger charge is 2.21. The summed E-state index contributed by atoms with van der Waals surface area (Å²) >= 11 is 0. The molecular weight excluding hydrogens is 344 g/mol. The summed E-state index contributed by atoms with van der Waals surface area (Å²) < 4.78 is 2.21. The molecule has 0 atom stereocenters. The summed E-state index contributed by atoms with van der Waals surface area (Å²) in [6.07, 6.45) is 9.64. The summed E-state index contributed by atoms with van der Waals surface area (Å²) in [5.74, 6) is 0.842. The van der Waals surface area contributed by atoms with Gasteiger partial charge < -0.3 is 10.1 Å². The lowest BCUT2D eigenvalue weighted by Gasteiger charge is -2.30. The molecule has 2 N–H and O–H groups in total. The quantitative estimate of drug-likeness (QED) is 0.723. The fourth-order valence-corrected chi connectivity index (χ4v) is 4.80. The Labute approximate surface area is 167 Å². The highest BCUT2D eigenvalue weighted by Crippen LogP contribution is 2.31. The number of pyridine rings is 1. The number of hydrogen-bond donors (Lipinski definition) is 1. The van der Waals surface area contributed by atoms with Crippen molar-refractivity contribution in [2.45, 2.75) is 52.0 Å². The lowest BCUT2D eigenvalue weighted by atomic mass is 9.89. The van der Waals surface area contributed by atoms with Crippen LogP contribution in [0.1, 0.15) is 49.4 Å². The summed E-state index contributed by atoms with van der Waals surface area (Å²) in [7, 11) is 0. The molecule has 0 saturated carbocycles. The second-order valence-electron chi connectivity index (χ2n) is 8.75. The van der Waals surface area contributed by atoms with Crippen LogP contribution in [0.2, 0.25) is 0 Å². The molecule has 0 spiro atoms. The Morgan fingerprint density at radius 1 is 1.04 bits per heavy atom. The molecule has 3 aromatic rings. The van der Waals surface area contributed by atoms with E-state index in [-0.39, 0.29) is 0 Å². The molecular formula is C24H30N4. The number of aromatic nitrogens is 2. The van der Waals surface area contributed by atoms with Crippen molar-refractivity contribution in [3.8, 4) is 11.3 Å². The van der Waals surface area contributed by atoms with Crippen LogP contribution in [0.4, 0.5) is 5.69 Å². The molecule has 1 aliphatic heterocycles. The van der Waals surface area contributed by atoms with Gasteiger partial charge in [0.15, 0.2) is 0 Å². The molecule has 5 rings (SSSR count). The Bertz CT molecular complexity index is 995. The van der Waals surface area contributed by atoms with Gasteiger partial charge in [-0.3, -0.25) is 4.90 Å². The van der Waals surface area contributed by atoms with Crippen molar-refractivity contribution in [1.29, 1.82) is 0 Å². The summed E-state index contributed by atoms with van der Waals surface area (Å²) in [6.45, 7) is 5.63. The molecule has 1 aliphatic carbocycles. The van der Waals surface area contributed by atoms with Crippen molar-refractivity contribution in [2.75, 3.05) is 18.8 Å². The topological polar surface area (TPSA) is 46.6 Å². The van der Waals surface area contributed by atoms with Gasteiger partial charge in [0.2, 0.25) is 0 Å². The van der Waals surface area contributed by atoms with E-state index in [4.69, 9.17) is 10.7 Å². The molecule has 2 aliphatic rings. The zero-order valence-corrected chi connectivity index (χ0v) is 16.8. The minimum absolute atomic E-state index is 0.787. The van der Waals surface area contributed by atoms with E-state index in [2.05, 4.69) is 34.4 Å². The lowest BCUT2D eigenvalue weighted by Crippen LogP contribution is -2.32. The maximum atomic E-state index is 6.12. The number of likely N-dealkylation sites (tertiary alicyclic amines) is 1. The summed E-state index contributed by atoms with van der Waals surface area (Å²) in [5.41, 5.74) is 14.6. The molecule has 28 heavy (non-hydrogen) atoms. The maximum Gasteiger partial charge on any atom is 0.137 e. The monoisotopic (exact) mass is 374 g/mol. The van der Waals surface area contributed by atoms with Crippen LogP contribution < -0.4 is 5.73 Å². The van der Waals surface area contributed by atoms with Gasteiger partial charge in [0, 0.05) is 24.0 Å². The highest BCUT2D eigenvalue weighted by atomic mass is 15.2. The Morgan fingerprint density at radius 3 is 2.64 bits per heavy atom. The van der Waals surface area contributed by atoms with Crippen molar-refractivity contribution < 1.29 is 0 Å². The van der Waals surface area contributed by atoms with Crippen molar-refractivity contribution in [3.05, 3.63) is 53.3 Å². The molecule has 146 valence electrons. The normalized spacial score (nSPS) is 18.5. The maximum absolute atomic E-state index is 6.12. The zero-order valence-electron chi connectivity index (χ0n) is 16.8. The standard InChI is InChI=1S/C24H30N4/c1-17-10-12-27(13-11-17)16-22-24(26-23-9-8-21(25)15-28(22)23)20-7-6-18-4-2-3-5-19(18)14-20/h6-9,14-15,17H,2-5,10-13,16,25H2,1H3. The van der Waals surface area contributed by atoms with Gasteiger partial charge in [-0.25, -0.2) is 4.98 Å². The van der Waals surface area contributed by atoms with E-state index in [9.17, 15) is 0 Å². The van der Waals surface area contributed by atoms with Crippen LogP contribution in [0.25, 0.3) is 16.9 Å². The van der Waals surface area contributed by atoms with Gasteiger partial charge in [-0.2, -0.15) is 0 Å². The Morgan fingerprint density at radius 2 is 1.82 bits per heavy atom. The van der Waals surface area contributed by atoms with Crippen LogP contribution >= 0.6 is 0 Å². The number of aryl methyl sites for hydroxylation is 2. The predicted octanol–water partition coefficient (Wildman–Crippen LogP) is 4.69. The average molecular weight is 375 g/mol. The number of benzene rings is 1. The number of nitrogens with two attached hydrogens (primary N) is 1. The molecule has 4 nitrogen and oxygen atoms in total. The Balaban J connectivity index is 1.58. The number of fused-ring (bicyclic) bond motifs is 2. The second kappa shape index (κ2) is 7.25. The third-order valence-electron chi connectivity index (χ3n) is 6.61. The molecule has 0 bridgehead atoms. The number of nitrogen functional groups attached to an aromatic ring is 1. The molecule has 1 aromatic carbocycles. The van der Waals surface area contributed by atoms with Gasteiger partial charge in [-0.15, -0.1) is 0 Å². The summed E-state index contributed by atoms with van der Waals surface area (Å²) in [5, 5.41) is 0. The smallest absolute Gasteiger partial charge is 0.137 e. The van der Waals surface area contributed by atoms with E-state index in [1.807, 2.05) is 18.3 Å². The molecule has 1 fully saturated rings. The van der Waals surface area contributed by atoms with Gasteiger partial charge in [0.1, 0.15) is 5.65 Å². The van der Waals surface area contributed by atoms with Crippen molar-refractivity contribution >= 4 is 11.3 Å². The van der Waals surface area contributed by atoms with Crippen LogP contribution in [-0.4, -0.2) is 27.4 Å². The Kier molecular flexibility index (Phi) is 4.59. The zero-order chi connectivity index (χ0) is 19.1. The first-order valence-electron chi connectivity index (χ1n) is 10.8. The third kappa shape index (κ3) is 3.30. The molecule has 0 radical (unpaired) electrons. The molecule has 3 heterocycles. The first-order chi connectivity index (χ1) is 13.7. The van der Waals surface area contributed by atoms with E-state index < -0.39 is 0 Å². The SMILES string of the molecule is CC1CCN(Cc2c(-c3ccc4c(c3)CCCC4)nc3ccc(N)cn23)CC1. The van der Waals surface area contributed by atoms with Crippen LogP contribution in [0.15, 0.2) is 36.5 Å². The average Bonchev–Trinajstić information content (AvgIpc) is 3.07. The minimum Gasteiger partial charge on any atom is -0.398 e. The van der Waals surface area contributed by atoms with Crippen LogP contribution in [-0.2, 0) is 19.4 Å². The third-order valence-corrected chi connectivity index (χ3v) is 6.61. The van der Waals surface area contributed by atoms with Gasteiger partial charge in [-0.1, -0.05) is 19.1 Å². The van der Waals surface area contributed by atoms with Crippen molar-refractivity contribution in [2.24, 2.45) is 5.92 Å². The van der Waals surface area contributed by atoms with Crippen LogP contribution in [0.5, 0.6) is 0 Å². The molecule has 0 unspecified atom stereocenters. The van der Waals surface area contributed by atoms with Crippen LogP contribution in [0.3, 0.4) is 0 Å². The van der Waals surface area contributed by atoms with Gasteiger partial charge in [0.25, 0.3) is 0 Å². The van der Waals surface area contributed by atoms with E-state index in [1.165, 1.54) is 74.0 Å². The summed E-state index contributed by atoms with van der Waals surface area (Å²) in [6, 6.07) is 11.0. The van der Waals surface area contributed by atoms with Crippen LogP contribution in [0, 0.1) is 5.92 Å². The number of piperidine rings is 1. The van der Waals surface area contributed by atoms with E-state index in [0.717, 1.165) is 29.5 Å². The van der Waals surface area contributed by atoms with Crippen molar-refractivity contribution in [1.82, 2.24) is 14.3 Å². The molecule has 2 aromatic heterocycles. The fourth-order valence-electron chi connectivity index (χ4n) is 4.80. The van der Waals surface area contributed by atoms with E-state index in [0.29, 0.717) is 0 Å². The van der Waals surface area contributed by atoms with Crippen molar-refractivity contribution in [3.63, 3.8) is 0 Å². The molecule has 4 heteroatoms. The number of rotatable bonds is 3. The highest BCUT2D eigenvalue weighted by molar-refractivity contribution is 5.68. The van der Waals surface area contributed by atoms with Gasteiger partial charge in [0.05, 0.1) is 11.4 Å². The van der Waals surface area contributed by atoms with Gasteiger partial charge in [-0.05, 0) is 86.9 Å². The first-order valence-corrected chi connectivity index (χ1v) is 10.8. The van der Waals surface area contributed by atoms with E-state index in [1.54, 1.807) is 0 Å². The summed E-state index contributed by atoms with van der Waals surface area (Å²) in [4.78, 5) is 7.61. The minimum atomic E-state index is 0.787. The largest absolute Gasteiger partial charge is 0.398 e. The second-order valence-corrected chi connectivity index (χ2v) is 8.75. The van der Waals surface area contributed by atoms with Gasteiger partial charge >= 0.3 is 0 Å². The number of hydrogen-bond acceptors (Lipinski definition) is 3. The Hall–Kier alpha value is -2.33. The molecule has 0 amide bonds. The first kappa shape index (κ1) is 17.7. The number of nitrogens with zero attached hydrogens (tertiary/aromatic N) is 3. The number of imidazole rings is 1. The fraction of sp³-hybridized carbons (Fsp3) is 0.458. The lowest BCUT2D eigenvalue weighted by molar-refractivity contribution is 0.183. The number of anilines is 1. The van der Waals surface area contributed by atoms with E-state index >= 15 is 0 Å². The predicted molar refractivity (Wildman–Crippen MR) is 115 cm³/mol. The molecule has 1 saturated heterocycles.